The molecule has 0 fully saturated rings. The number of nitrogens with zero attached hydrogens (tertiary/aromatic N) is 1. The molecule has 0 saturated heterocycles. The first-order chi connectivity index (χ1) is 4.84. The highest BCUT2D eigenvalue weighted by atomic mass is 79.9. The lowest BCUT2D eigenvalue weighted by molar-refractivity contribution is 0.322. The Bertz CT molecular complexity index is 247. The minimum atomic E-state index is 0.866. The molecule has 52 valence electrons. The Kier molecular flexibility index (Phi) is 2.45. The number of rotatable bonds is 1. The van der Waals surface area contributed by atoms with E-state index in [4.69, 9.17) is 5.21 Å². The average molecular weight is 200 g/mol. The van der Waals surface area contributed by atoms with E-state index in [9.17, 15) is 0 Å². The third-order valence-electron chi connectivity index (χ3n) is 1.10. The van der Waals surface area contributed by atoms with Crippen molar-refractivity contribution in [3.63, 3.8) is 0 Å². The highest BCUT2D eigenvalue weighted by molar-refractivity contribution is 9.10. The van der Waals surface area contributed by atoms with Gasteiger partial charge in [0.15, 0.2) is 0 Å². The van der Waals surface area contributed by atoms with Gasteiger partial charge >= 0.3 is 0 Å². The topological polar surface area (TPSA) is 32.6 Å². The molecule has 1 N–H and O–H groups in total. The van der Waals surface area contributed by atoms with Gasteiger partial charge in [-0.2, -0.15) is 0 Å². The molecular formula is C7H6BrNO. The van der Waals surface area contributed by atoms with Gasteiger partial charge in [-0.05, 0) is 6.07 Å². The normalized spacial score (nSPS) is 10.5. The maximum Gasteiger partial charge on any atom is 0.0745 e. The number of oxime groups is 1. The second kappa shape index (κ2) is 3.37. The molecule has 0 aliphatic rings. The summed E-state index contributed by atoms with van der Waals surface area (Å²) < 4.78 is 0.924. The third-order valence-corrected chi connectivity index (χ3v) is 1.82. The van der Waals surface area contributed by atoms with E-state index in [1.165, 1.54) is 6.21 Å². The van der Waals surface area contributed by atoms with Gasteiger partial charge in [0.05, 0.1) is 6.21 Å². The monoisotopic (exact) mass is 199 g/mol. The van der Waals surface area contributed by atoms with Crippen LogP contribution in [0, 0.1) is 0 Å². The second-order valence-electron chi connectivity index (χ2n) is 1.77. The lowest BCUT2D eigenvalue weighted by Crippen LogP contribution is -1.80. The molecular weight excluding hydrogens is 194 g/mol. The average Bonchev–Trinajstić information content (AvgIpc) is 1.94. The number of halogens is 1. The van der Waals surface area contributed by atoms with Gasteiger partial charge in [0, 0.05) is 10.0 Å². The van der Waals surface area contributed by atoms with E-state index in [1.54, 1.807) is 0 Å². The fourth-order valence-electron chi connectivity index (χ4n) is 0.642. The van der Waals surface area contributed by atoms with Crippen LogP contribution in [-0.4, -0.2) is 11.4 Å². The molecule has 0 heterocycles. The Labute approximate surface area is 67.3 Å². The van der Waals surface area contributed by atoms with Crippen LogP contribution in [0.3, 0.4) is 0 Å². The van der Waals surface area contributed by atoms with Gasteiger partial charge in [-0.25, -0.2) is 0 Å². The largest absolute Gasteiger partial charge is 0.411 e. The molecule has 0 saturated carbocycles. The molecule has 0 atom stereocenters. The zero-order chi connectivity index (χ0) is 7.40. The van der Waals surface area contributed by atoms with Crippen molar-refractivity contribution in [2.45, 2.75) is 0 Å². The number of benzene rings is 1. The fraction of sp³-hybridized carbons (Fsp3) is 0. The highest BCUT2D eigenvalue weighted by Gasteiger charge is 1.91. The molecule has 0 spiro atoms. The number of hydrogen-bond donors (Lipinski definition) is 1. The van der Waals surface area contributed by atoms with Gasteiger partial charge in [-0.1, -0.05) is 39.3 Å². The van der Waals surface area contributed by atoms with Crippen molar-refractivity contribution in [2.24, 2.45) is 5.16 Å². The molecule has 0 aromatic heterocycles. The molecule has 0 aliphatic heterocycles. The molecule has 0 amide bonds. The summed E-state index contributed by atoms with van der Waals surface area (Å²) in [6, 6.07) is 7.52. The maximum absolute atomic E-state index is 8.19. The van der Waals surface area contributed by atoms with Gasteiger partial charge in [-0.3, -0.25) is 0 Å². The first-order valence-electron chi connectivity index (χ1n) is 2.76. The van der Waals surface area contributed by atoms with Crippen LogP contribution in [0.5, 0.6) is 0 Å². The van der Waals surface area contributed by atoms with Crippen molar-refractivity contribution in [1.82, 2.24) is 0 Å². The van der Waals surface area contributed by atoms with Crippen LogP contribution >= 0.6 is 15.9 Å². The third kappa shape index (κ3) is 1.57. The van der Waals surface area contributed by atoms with E-state index in [2.05, 4.69) is 21.1 Å². The van der Waals surface area contributed by atoms with Crippen LogP contribution in [0.4, 0.5) is 0 Å². The summed E-state index contributed by atoms with van der Waals surface area (Å²) in [6.45, 7) is 0. The quantitative estimate of drug-likeness (QED) is 0.421. The van der Waals surface area contributed by atoms with Gasteiger partial charge < -0.3 is 5.21 Å². The SMILES string of the molecule is O/N=C/c1ccccc1Br. The predicted molar refractivity (Wildman–Crippen MR) is 43.5 cm³/mol. The Hall–Kier alpha value is -0.830. The van der Waals surface area contributed by atoms with Crippen LogP contribution in [0.15, 0.2) is 33.9 Å². The Morgan fingerprint density at radius 2 is 2.10 bits per heavy atom. The van der Waals surface area contributed by atoms with Crippen LogP contribution < -0.4 is 0 Å². The first kappa shape index (κ1) is 7.28. The second-order valence-corrected chi connectivity index (χ2v) is 2.62. The minimum Gasteiger partial charge on any atom is -0.411 e. The summed E-state index contributed by atoms with van der Waals surface area (Å²) >= 11 is 3.29. The van der Waals surface area contributed by atoms with Crippen molar-refractivity contribution in [3.05, 3.63) is 34.3 Å². The van der Waals surface area contributed by atoms with E-state index in [0.717, 1.165) is 10.0 Å². The molecule has 1 aromatic rings. The Morgan fingerprint density at radius 3 is 2.70 bits per heavy atom. The van der Waals surface area contributed by atoms with Crippen molar-refractivity contribution in [1.29, 1.82) is 0 Å². The van der Waals surface area contributed by atoms with Gasteiger partial charge in [0.2, 0.25) is 0 Å². The Morgan fingerprint density at radius 1 is 1.40 bits per heavy atom. The molecule has 1 aromatic carbocycles. The minimum absolute atomic E-state index is 0.866. The summed E-state index contributed by atoms with van der Waals surface area (Å²) in [5.74, 6) is 0. The van der Waals surface area contributed by atoms with Gasteiger partial charge in [0.25, 0.3) is 0 Å². The van der Waals surface area contributed by atoms with Crippen LogP contribution in [0.25, 0.3) is 0 Å². The van der Waals surface area contributed by atoms with Gasteiger partial charge in [0.1, 0.15) is 0 Å². The zero-order valence-corrected chi connectivity index (χ0v) is 6.75. The molecule has 0 aliphatic carbocycles. The fourth-order valence-corrected chi connectivity index (χ4v) is 1.03. The van der Waals surface area contributed by atoms with Crippen LogP contribution in [-0.2, 0) is 0 Å². The molecule has 0 bridgehead atoms. The summed E-state index contributed by atoms with van der Waals surface area (Å²) in [5, 5.41) is 11.1. The predicted octanol–water partition coefficient (Wildman–Crippen LogP) is 2.26. The van der Waals surface area contributed by atoms with E-state index in [0.29, 0.717) is 0 Å². The molecule has 2 nitrogen and oxygen atoms in total. The smallest absolute Gasteiger partial charge is 0.0745 e. The van der Waals surface area contributed by atoms with E-state index in [-0.39, 0.29) is 0 Å². The summed E-state index contributed by atoms with van der Waals surface area (Å²) in [4.78, 5) is 0. The molecule has 3 heteroatoms. The summed E-state index contributed by atoms with van der Waals surface area (Å²) in [7, 11) is 0. The summed E-state index contributed by atoms with van der Waals surface area (Å²) in [6.07, 6.45) is 1.38. The molecule has 0 radical (unpaired) electrons. The van der Waals surface area contributed by atoms with Crippen molar-refractivity contribution in [2.75, 3.05) is 0 Å². The standard InChI is InChI=1S/C7H6BrNO/c8-7-4-2-1-3-6(7)5-9-10/h1-5,10H/b9-5+. The van der Waals surface area contributed by atoms with Crippen molar-refractivity contribution >= 4 is 22.1 Å². The lowest BCUT2D eigenvalue weighted by atomic mass is 10.2. The molecule has 10 heavy (non-hydrogen) atoms. The maximum atomic E-state index is 8.19. The Balaban J connectivity index is 3.03. The zero-order valence-electron chi connectivity index (χ0n) is 5.16. The first-order valence-corrected chi connectivity index (χ1v) is 3.56. The van der Waals surface area contributed by atoms with Crippen molar-refractivity contribution in [3.8, 4) is 0 Å². The van der Waals surface area contributed by atoms with E-state index < -0.39 is 0 Å². The van der Waals surface area contributed by atoms with E-state index in [1.807, 2.05) is 24.3 Å². The molecule has 0 unspecified atom stereocenters. The summed E-state index contributed by atoms with van der Waals surface area (Å²) in [5.41, 5.74) is 0.866. The highest BCUT2D eigenvalue weighted by Crippen LogP contribution is 2.12. The number of hydrogen-bond acceptors (Lipinski definition) is 2. The van der Waals surface area contributed by atoms with Crippen molar-refractivity contribution < 1.29 is 5.21 Å². The van der Waals surface area contributed by atoms with Crippen LogP contribution in [0.1, 0.15) is 5.56 Å². The van der Waals surface area contributed by atoms with Gasteiger partial charge in [-0.15, -0.1) is 0 Å². The molecule has 1 rings (SSSR count). The van der Waals surface area contributed by atoms with Crippen LogP contribution in [0.2, 0.25) is 0 Å². The lowest BCUT2D eigenvalue weighted by Gasteiger charge is -1.92. The van der Waals surface area contributed by atoms with E-state index >= 15 is 0 Å².